The molecule has 2 unspecified atom stereocenters. The molecule has 0 aliphatic heterocycles. The Morgan fingerprint density at radius 2 is 1.94 bits per heavy atom. The quantitative estimate of drug-likeness (QED) is 0.803. The molecule has 0 saturated heterocycles. The molecule has 16 heavy (non-hydrogen) atoms. The first-order valence-electron chi connectivity index (χ1n) is 5.54. The fourth-order valence-corrected chi connectivity index (χ4v) is 1.65. The molecule has 0 amide bonds. The predicted octanol–water partition coefficient (Wildman–Crippen LogP) is 2.08. The summed E-state index contributed by atoms with van der Waals surface area (Å²) in [4.78, 5) is 0. The second-order valence-corrected chi connectivity index (χ2v) is 3.99. The van der Waals surface area contributed by atoms with Crippen LogP contribution in [-0.4, -0.2) is 27.4 Å². The molecule has 0 saturated carbocycles. The van der Waals surface area contributed by atoms with E-state index in [1.807, 2.05) is 6.07 Å². The molecule has 0 aliphatic carbocycles. The lowest BCUT2D eigenvalue weighted by molar-refractivity contribution is 0.0274. The fourth-order valence-electron chi connectivity index (χ4n) is 1.65. The van der Waals surface area contributed by atoms with Crippen molar-refractivity contribution < 1.29 is 9.47 Å². The van der Waals surface area contributed by atoms with E-state index < -0.39 is 0 Å². The van der Waals surface area contributed by atoms with Crippen molar-refractivity contribution in [3.8, 4) is 0 Å². The van der Waals surface area contributed by atoms with E-state index in [4.69, 9.17) is 15.2 Å². The van der Waals surface area contributed by atoms with Gasteiger partial charge in [0.1, 0.15) is 6.10 Å². The SMILES string of the molecule is COCC(OC)c1cccc(C(C)CN)c1. The number of benzene rings is 1. The lowest BCUT2D eigenvalue weighted by Gasteiger charge is -2.17. The Hall–Kier alpha value is -0.900. The van der Waals surface area contributed by atoms with Gasteiger partial charge in [0.25, 0.3) is 0 Å². The van der Waals surface area contributed by atoms with E-state index in [-0.39, 0.29) is 6.10 Å². The number of hydrogen-bond donors (Lipinski definition) is 1. The van der Waals surface area contributed by atoms with Crippen molar-refractivity contribution in [3.05, 3.63) is 35.4 Å². The molecule has 2 atom stereocenters. The molecule has 3 heteroatoms. The van der Waals surface area contributed by atoms with Crippen LogP contribution < -0.4 is 5.73 Å². The molecular weight excluding hydrogens is 202 g/mol. The van der Waals surface area contributed by atoms with Gasteiger partial charge < -0.3 is 15.2 Å². The first kappa shape index (κ1) is 13.2. The number of rotatable bonds is 6. The zero-order valence-corrected chi connectivity index (χ0v) is 10.3. The maximum Gasteiger partial charge on any atom is 0.105 e. The molecular formula is C13H21NO2. The van der Waals surface area contributed by atoms with Crippen molar-refractivity contribution in [1.29, 1.82) is 0 Å². The Labute approximate surface area is 97.6 Å². The highest BCUT2D eigenvalue weighted by Gasteiger charge is 2.11. The highest BCUT2D eigenvalue weighted by molar-refractivity contribution is 5.28. The number of nitrogens with two attached hydrogens (primary N) is 1. The zero-order valence-electron chi connectivity index (χ0n) is 10.3. The summed E-state index contributed by atoms with van der Waals surface area (Å²) in [7, 11) is 3.38. The van der Waals surface area contributed by atoms with Crippen LogP contribution in [0.1, 0.15) is 30.1 Å². The van der Waals surface area contributed by atoms with Crippen LogP contribution in [0.2, 0.25) is 0 Å². The lowest BCUT2D eigenvalue weighted by Crippen LogP contribution is -2.11. The van der Waals surface area contributed by atoms with Crippen molar-refractivity contribution in [1.82, 2.24) is 0 Å². The Balaban J connectivity index is 2.87. The molecule has 0 aromatic heterocycles. The highest BCUT2D eigenvalue weighted by atomic mass is 16.5. The van der Waals surface area contributed by atoms with Crippen LogP contribution in [-0.2, 0) is 9.47 Å². The molecule has 0 fully saturated rings. The maximum atomic E-state index is 5.67. The lowest BCUT2D eigenvalue weighted by atomic mass is 9.97. The molecule has 0 spiro atoms. The third-order valence-electron chi connectivity index (χ3n) is 2.81. The van der Waals surface area contributed by atoms with Gasteiger partial charge in [-0.1, -0.05) is 31.2 Å². The van der Waals surface area contributed by atoms with Crippen LogP contribution in [0.3, 0.4) is 0 Å². The second-order valence-electron chi connectivity index (χ2n) is 3.99. The Morgan fingerprint density at radius 3 is 2.50 bits per heavy atom. The van der Waals surface area contributed by atoms with Crippen molar-refractivity contribution >= 4 is 0 Å². The van der Waals surface area contributed by atoms with E-state index in [0.717, 1.165) is 5.56 Å². The molecule has 2 N–H and O–H groups in total. The van der Waals surface area contributed by atoms with Crippen LogP contribution in [0.15, 0.2) is 24.3 Å². The van der Waals surface area contributed by atoms with Gasteiger partial charge in [-0.15, -0.1) is 0 Å². The van der Waals surface area contributed by atoms with Gasteiger partial charge in [-0.3, -0.25) is 0 Å². The molecule has 3 nitrogen and oxygen atoms in total. The summed E-state index contributed by atoms with van der Waals surface area (Å²) >= 11 is 0. The van der Waals surface area contributed by atoms with Crippen molar-refractivity contribution in [2.75, 3.05) is 27.4 Å². The van der Waals surface area contributed by atoms with Gasteiger partial charge >= 0.3 is 0 Å². The van der Waals surface area contributed by atoms with Gasteiger partial charge in [-0.25, -0.2) is 0 Å². The standard InChI is InChI=1S/C13H21NO2/c1-10(8-14)11-5-4-6-12(7-11)13(16-3)9-15-2/h4-7,10,13H,8-9,14H2,1-3H3. The minimum Gasteiger partial charge on any atom is -0.382 e. The smallest absolute Gasteiger partial charge is 0.105 e. The van der Waals surface area contributed by atoms with E-state index in [9.17, 15) is 0 Å². The minimum atomic E-state index is -0.00470. The Morgan fingerprint density at radius 1 is 1.25 bits per heavy atom. The summed E-state index contributed by atoms with van der Waals surface area (Å²) in [5, 5.41) is 0. The molecule has 0 bridgehead atoms. The first-order chi connectivity index (χ1) is 7.72. The van der Waals surface area contributed by atoms with Gasteiger partial charge in [-0.05, 0) is 23.6 Å². The summed E-state index contributed by atoms with van der Waals surface area (Å²) in [5.41, 5.74) is 8.05. The third-order valence-corrected chi connectivity index (χ3v) is 2.81. The average molecular weight is 223 g/mol. The fraction of sp³-hybridized carbons (Fsp3) is 0.538. The molecule has 1 aromatic rings. The van der Waals surface area contributed by atoms with Gasteiger partial charge in [0.05, 0.1) is 6.61 Å². The molecule has 1 rings (SSSR count). The molecule has 0 heterocycles. The van der Waals surface area contributed by atoms with Crippen LogP contribution in [0.4, 0.5) is 0 Å². The van der Waals surface area contributed by atoms with Crippen molar-refractivity contribution in [2.24, 2.45) is 5.73 Å². The largest absolute Gasteiger partial charge is 0.382 e. The van der Waals surface area contributed by atoms with Crippen LogP contribution in [0.5, 0.6) is 0 Å². The minimum absolute atomic E-state index is 0.00470. The summed E-state index contributed by atoms with van der Waals surface area (Å²) in [6.07, 6.45) is -0.00470. The molecule has 0 radical (unpaired) electrons. The van der Waals surface area contributed by atoms with Gasteiger partial charge in [0, 0.05) is 14.2 Å². The topological polar surface area (TPSA) is 44.5 Å². The first-order valence-corrected chi connectivity index (χ1v) is 5.54. The maximum absolute atomic E-state index is 5.67. The normalized spacial score (nSPS) is 14.8. The summed E-state index contributed by atoms with van der Waals surface area (Å²) < 4.78 is 10.5. The molecule has 1 aromatic carbocycles. The third kappa shape index (κ3) is 3.30. The van der Waals surface area contributed by atoms with Crippen molar-refractivity contribution in [3.63, 3.8) is 0 Å². The number of hydrogen-bond acceptors (Lipinski definition) is 3. The van der Waals surface area contributed by atoms with Gasteiger partial charge in [0.2, 0.25) is 0 Å². The van der Waals surface area contributed by atoms with Crippen molar-refractivity contribution in [2.45, 2.75) is 18.9 Å². The van der Waals surface area contributed by atoms with E-state index in [0.29, 0.717) is 19.1 Å². The zero-order chi connectivity index (χ0) is 12.0. The predicted molar refractivity (Wildman–Crippen MR) is 65.5 cm³/mol. The number of methoxy groups -OCH3 is 2. The second kappa shape index (κ2) is 6.63. The Bertz CT molecular complexity index is 315. The van der Waals surface area contributed by atoms with Crippen LogP contribution in [0, 0.1) is 0 Å². The van der Waals surface area contributed by atoms with E-state index in [1.165, 1.54) is 5.56 Å². The van der Waals surface area contributed by atoms with Crippen LogP contribution in [0.25, 0.3) is 0 Å². The van der Waals surface area contributed by atoms with E-state index >= 15 is 0 Å². The van der Waals surface area contributed by atoms with E-state index in [1.54, 1.807) is 14.2 Å². The van der Waals surface area contributed by atoms with Gasteiger partial charge in [-0.2, -0.15) is 0 Å². The summed E-state index contributed by atoms with van der Waals surface area (Å²) in [6, 6.07) is 8.34. The molecule has 0 aliphatic rings. The Kier molecular flexibility index (Phi) is 5.46. The number of ether oxygens (including phenoxy) is 2. The van der Waals surface area contributed by atoms with Gasteiger partial charge in [0.15, 0.2) is 0 Å². The highest BCUT2D eigenvalue weighted by Crippen LogP contribution is 2.21. The summed E-state index contributed by atoms with van der Waals surface area (Å²) in [6.45, 7) is 3.35. The average Bonchev–Trinajstić information content (AvgIpc) is 2.35. The summed E-state index contributed by atoms with van der Waals surface area (Å²) in [5.74, 6) is 0.375. The monoisotopic (exact) mass is 223 g/mol. The molecule has 90 valence electrons. The van der Waals surface area contributed by atoms with E-state index in [2.05, 4.69) is 25.1 Å². The van der Waals surface area contributed by atoms with Crippen LogP contribution >= 0.6 is 0 Å².